The number of hydrogen-bond acceptors (Lipinski definition) is 11. The van der Waals surface area contributed by atoms with Crippen LogP contribution < -0.4 is 0 Å². The molecular formula is C31H56N2O12. The Morgan fingerprint density at radius 1 is 0.644 bits per heavy atom. The van der Waals surface area contributed by atoms with Crippen LogP contribution in [0, 0.1) is 0 Å². The molecular weight excluding hydrogens is 592 g/mol. The average Bonchev–Trinajstić information content (AvgIpc) is 2.93. The molecule has 0 aromatic carbocycles. The second kappa shape index (κ2) is 22.1. The molecule has 0 spiro atoms. The number of piperidine rings is 1. The van der Waals surface area contributed by atoms with Gasteiger partial charge in [0, 0.05) is 32.1 Å². The molecule has 262 valence electrons. The van der Waals surface area contributed by atoms with Gasteiger partial charge in [-0.15, -0.1) is 0 Å². The number of aliphatic carboxylic acids is 1. The number of likely N-dealkylation sites (tertiary alicyclic amines) is 1. The maximum absolute atomic E-state index is 12.8. The number of amides is 2. The Bertz CT molecular complexity index is 864. The van der Waals surface area contributed by atoms with E-state index in [4.69, 9.17) is 38.3 Å². The molecule has 0 radical (unpaired) electrons. The van der Waals surface area contributed by atoms with E-state index in [-0.39, 0.29) is 56.5 Å². The second-order valence-electron chi connectivity index (χ2n) is 12.6. The molecule has 1 heterocycles. The lowest BCUT2D eigenvalue weighted by Gasteiger charge is -2.39. The van der Waals surface area contributed by atoms with Crippen molar-refractivity contribution in [3.63, 3.8) is 0 Å². The summed E-state index contributed by atoms with van der Waals surface area (Å²) in [4.78, 5) is 51.1. The first-order valence-corrected chi connectivity index (χ1v) is 15.8. The predicted molar refractivity (Wildman–Crippen MR) is 164 cm³/mol. The minimum Gasteiger partial charge on any atom is -0.481 e. The first-order valence-electron chi connectivity index (χ1n) is 15.8. The van der Waals surface area contributed by atoms with Gasteiger partial charge in [0.25, 0.3) is 0 Å². The zero-order valence-electron chi connectivity index (χ0n) is 28.1. The Morgan fingerprint density at radius 3 is 1.53 bits per heavy atom. The number of esters is 1. The molecule has 1 rings (SSSR count). The van der Waals surface area contributed by atoms with Crippen molar-refractivity contribution < 1.29 is 57.4 Å². The predicted octanol–water partition coefficient (Wildman–Crippen LogP) is 2.89. The Kier molecular flexibility index (Phi) is 19.9. The van der Waals surface area contributed by atoms with Crippen LogP contribution in [0.3, 0.4) is 0 Å². The van der Waals surface area contributed by atoms with E-state index in [2.05, 4.69) is 0 Å². The van der Waals surface area contributed by atoms with Gasteiger partial charge in [0.1, 0.15) is 11.2 Å². The van der Waals surface area contributed by atoms with E-state index in [1.54, 1.807) is 9.80 Å². The van der Waals surface area contributed by atoms with Crippen LogP contribution in [0.5, 0.6) is 0 Å². The molecule has 1 fully saturated rings. The van der Waals surface area contributed by atoms with Gasteiger partial charge in [0.05, 0.1) is 78.9 Å². The third kappa shape index (κ3) is 21.8. The molecule has 0 bridgehead atoms. The number of carbonyl (C=O) groups is 4. The van der Waals surface area contributed by atoms with Crippen molar-refractivity contribution in [1.29, 1.82) is 0 Å². The van der Waals surface area contributed by atoms with Crippen LogP contribution in [0.2, 0.25) is 0 Å². The Morgan fingerprint density at radius 2 is 1.09 bits per heavy atom. The van der Waals surface area contributed by atoms with Gasteiger partial charge in [-0.05, 0) is 54.4 Å². The normalized spacial score (nSPS) is 14.3. The number of hydrogen-bond donors (Lipinski definition) is 1. The fraction of sp³-hybridized carbons (Fsp3) is 0.871. The van der Waals surface area contributed by atoms with Crippen LogP contribution in [-0.2, 0) is 47.5 Å². The summed E-state index contributed by atoms with van der Waals surface area (Å²) in [7, 11) is 0. The molecule has 0 aromatic rings. The van der Waals surface area contributed by atoms with E-state index in [1.807, 2.05) is 41.5 Å². The molecule has 0 atom stereocenters. The quantitative estimate of drug-likeness (QED) is 0.135. The molecule has 0 saturated carbocycles. The van der Waals surface area contributed by atoms with E-state index < -0.39 is 17.2 Å². The third-order valence-corrected chi connectivity index (χ3v) is 6.27. The maximum Gasteiger partial charge on any atom is 0.410 e. The van der Waals surface area contributed by atoms with Crippen molar-refractivity contribution in [1.82, 2.24) is 9.80 Å². The van der Waals surface area contributed by atoms with Crippen molar-refractivity contribution in [2.45, 2.75) is 90.9 Å². The minimum atomic E-state index is -1.02. The summed E-state index contributed by atoms with van der Waals surface area (Å²) in [5.74, 6) is -1.55. The molecule has 14 heteroatoms. The van der Waals surface area contributed by atoms with Crippen LogP contribution in [0.4, 0.5) is 4.79 Å². The van der Waals surface area contributed by atoms with Gasteiger partial charge in [-0.3, -0.25) is 14.4 Å². The van der Waals surface area contributed by atoms with E-state index in [1.165, 1.54) is 0 Å². The highest BCUT2D eigenvalue weighted by Crippen LogP contribution is 2.20. The summed E-state index contributed by atoms with van der Waals surface area (Å²) in [6, 6.07) is -0.109. The molecule has 1 aliphatic rings. The SMILES string of the molecule is CC(C)(C)OC(=O)CCOCCOCCOCCOCCOCCN(C(=O)CCC(=O)O)C1CCN(C(=O)OC(C)(C)C)CC1. The lowest BCUT2D eigenvalue weighted by atomic mass is 10.0. The van der Waals surface area contributed by atoms with Gasteiger partial charge >= 0.3 is 18.0 Å². The number of carboxylic acids is 1. The smallest absolute Gasteiger partial charge is 0.410 e. The summed E-state index contributed by atoms with van der Waals surface area (Å²) in [6.07, 6.45) is 0.671. The van der Waals surface area contributed by atoms with Gasteiger partial charge in [-0.1, -0.05) is 0 Å². The fourth-order valence-corrected chi connectivity index (χ4v) is 4.25. The van der Waals surface area contributed by atoms with E-state index in [9.17, 15) is 19.2 Å². The lowest BCUT2D eigenvalue weighted by Crippen LogP contribution is -2.50. The highest BCUT2D eigenvalue weighted by Gasteiger charge is 2.31. The average molecular weight is 649 g/mol. The number of ether oxygens (including phenoxy) is 7. The highest BCUT2D eigenvalue weighted by molar-refractivity contribution is 5.81. The zero-order chi connectivity index (χ0) is 33.7. The van der Waals surface area contributed by atoms with Crippen molar-refractivity contribution in [2.24, 2.45) is 0 Å². The van der Waals surface area contributed by atoms with Crippen LogP contribution in [0.1, 0.15) is 73.6 Å². The van der Waals surface area contributed by atoms with E-state index >= 15 is 0 Å². The van der Waals surface area contributed by atoms with Crippen molar-refractivity contribution in [2.75, 3.05) is 85.7 Å². The number of nitrogens with zero attached hydrogens (tertiary/aromatic N) is 2. The minimum absolute atomic E-state index is 0.0839. The van der Waals surface area contributed by atoms with Crippen LogP contribution in [0.15, 0.2) is 0 Å². The first-order chi connectivity index (χ1) is 21.2. The van der Waals surface area contributed by atoms with Crippen molar-refractivity contribution >= 4 is 23.9 Å². The molecule has 0 aromatic heterocycles. The number of carboxylic acid groups (broad SMARTS) is 1. The Labute approximate surface area is 267 Å². The van der Waals surface area contributed by atoms with Gasteiger partial charge in [0.2, 0.25) is 5.91 Å². The summed E-state index contributed by atoms with van der Waals surface area (Å²) < 4.78 is 38.1. The molecule has 14 nitrogen and oxygen atoms in total. The van der Waals surface area contributed by atoms with Crippen molar-refractivity contribution in [3.05, 3.63) is 0 Å². The Balaban J connectivity index is 2.13. The molecule has 0 aliphatic carbocycles. The van der Waals surface area contributed by atoms with Gasteiger partial charge < -0.3 is 48.1 Å². The summed E-state index contributed by atoms with van der Waals surface area (Å²) in [5.41, 5.74) is -1.08. The van der Waals surface area contributed by atoms with E-state index in [0.717, 1.165) is 0 Å². The van der Waals surface area contributed by atoms with E-state index in [0.29, 0.717) is 85.3 Å². The summed E-state index contributed by atoms with van der Waals surface area (Å²) in [6.45, 7) is 15.8. The molecule has 2 amide bonds. The standard InChI is InChI=1S/C31H56N2O12/c1-30(2,3)44-28(37)11-15-39-17-19-41-21-23-43-24-22-42-20-18-40-16-14-33(26(34)7-8-27(35)36)25-9-12-32(13-10-25)29(38)45-31(4,5)6/h25H,7-24H2,1-6H3,(H,35,36). The maximum atomic E-state index is 12.8. The Hall–Kier alpha value is -2.52. The van der Waals surface area contributed by atoms with Gasteiger partial charge in [-0.25, -0.2) is 4.79 Å². The van der Waals surface area contributed by atoms with Crippen molar-refractivity contribution in [3.8, 4) is 0 Å². The fourth-order valence-electron chi connectivity index (χ4n) is 4.25. The molecule has 1 aliphatic heterocycles. The second-order valence-corrected chi connectivity index (χ2v) is 12.6. The molecule has 0 unspecified atom stereocenters. The zero-order valence-corrected chi connectivity index (χ0v) is 28.1. The van der Waals surface area contributed by atoms with Gasteiger partial charge in [0.15, 0.2) is 0 Å². The first kappa shape index (κ1) is 40.5. The monoisotopic (exact) mass is 648 g/mol. The summed E-state index contributed by atoms with van der Waals surface area (Å²) >= 11 is 0. The number of rotatable bonds is 22. The summed E-state index contributed by atoms with van der Waals surface area (Å²) in [5, 5.41) is 9.01. The van der Waals surface area contributed by atoms with Crippen LogP contribution in [0.25, 0.3) is 0 Å². The third-order valence-electron chi connectivity index (χ3n) is 6.27. The van der Waals surface area contributed by atoms with Crippen LogP contribution >= 0.6 is 0 Å². The largest absolute Gasteiger partial charge is 0.481 e. The topological polar surface area (TPSA) is 160 Å². The molecule has 1 saturated heterocycles. The lowest BCUT2D eigenvalue weighted by molar-refractivity contribution is -0.156. The molecule has 1 N–H and O–H groups in total. The highest BCUT2D eigenvalue weighted by atomic mass is 16.6. The van der Waals surface area contributed by atoms with Gasteiger partial charge in [-0.2, -0.15) is 0 Å². The number of carbonyl (C=O) groups excluding carboxylic acids is 3. The molecule has 45 heavy (non-hydrogen) atoms. The van der Waals surface area contributed by atoms with Crippen LogP contribution in [-0.4, -0.2) is 142 Å².